The minimum atomic E-state index is -0.273. The average Bonchev–Trinajstić information content (AvgIpc) is 2.65. The van der Waals surface area contributed by atoms with E-state index in [2.05, 4.69) is 4.98 Å². The minimum Gasteiger partial charge on any atom is -0.277 e. The monoisotopic (exact) mass is 266 g/mol. The van der Waals surface area contributed by atoms with E-state index in [1.54, 1.807) is 13.0 Å². The molecule has 0 spiro atoms. The van der Waals surface area contributed by atoms with Crippen LogP contribution in [0.25, 0.3) is 11.3 Å². The fraction of sp³-hybridized carbons (Fsp3) is 0.188. The Morgan fingerprint density at radius 2 is 1.65 bits per heavy atom. The van der Waals surface area contributed by atoms with Gasteiger partial charge in [0.05, 0.1) is 22.5 Å². The van der Waals surface area contributed by atoms with Crippen molar-refractivity contribution in [1.29, 1.82) is 0 Å². The molecule has 20 heavy (non-hydrogen) atoms. The Hall–Kier alpha value is -2.49. The topological polar surface area (TPSA) is 50.3 Å². The lowest BCUT2D eigenvalue weighted by atomic mass is 10.0. The Morgan fingerprint density at radius 3 is 2.30 bits per heavy atom. The Balaban J connectivity index is 2.18. The molecule has 0 radical (unpaired) electrons. The number of hydrogen-bond acceptors (Lipinski definition) is 3. The van der Waals surface area contributed by atoms with E-state index in [4.69, 9.17) is 0 Å². The van der Waals surface area contributed by atoms with E-state index in [1.165, 1.54) is 7.05 Å². The van der Waals surface area contributed by atoms with Crippen LogP contribution in [0.15, 0.2) is 30.3 Å². The van der Waals surface area contributed by atoms with Crippen molar-refractivity contribution in [2.75, 3.05) is 7.05 Å². The number of benzene rings is 1. The van der Waals surface area contributed by atoms with Gasteiger partial charge in [-0.2, -0.15) is 0 Å². The molecule has 2 amide bonds. The molecule has 0 saturated carbocycles. The summed E-state index contributed by atoms with van der Waals surface area (Å²) in [6, 6.07) is 9.64. The molecule has 0 atom stereocenters. The van der Waals surface area contributed by atoms with Gasteiger partial charge < -0.3 is 0 Å². The maximum Gasteiger partial charge on any atom is 0.263 e. The molecule has 0 aliphatic carbocycles. The van der Waals surface area contributed by atoms with Crippen LogP contribution in [0.4, 0.5) is 0 Å². The Kier molecular flexibility index (Phi) is 2.67. The summed E-state index contributed by atoms with van der Waals surface area (Å²) < 4.78 is 0. The maximum atomic E-state index is 12.1. The molecule has 4 nitrogen and oxygen atoms in total. The van der Waals surface area contributed by atoms with Gasteiger partial charge in [0.25, 0.3) is 11.8 Å². The lowest BCUT2D eigenvalue weighted by molar-refractivity contribution is 0.0693. The van der Waals surface area contributed by atoms with Crippen LogP contribution in [0, 0.1) is 13.8 Å². The van der Waals surface area contributed by atoms with Crippen LogP contribution in [0.2, 0.25) is 0 Å². The van der Waals surface area contributed by atoms with Crippen LogP contribution < -0.4 is 0 Å². The molecule has 0 saturated heterocycles. The molecule has 0 N–H and O–H groups in total. The van der Waals surface area contributed by atoms with Gasteiger partial charge in [0.2, 0.25) is 0 Å². The summed E-state index contributed by atoms with van der Waals surface area (Å²) >= 11 is 0. The highest BCUT2D eigenvalue weighted by Crippen LogP contribution is 2.28. The van der Waals surface area contributed by atoms with Crippen molar-refractivity contribution in [3.8, 4) is 11.3 Å². The minimum absolute atomic E-state index is 0.260. The highest BCUT2D eigenvalue weighted by Gasteiger charge is 2.35. The van der Waals surface area contributed by atoms with Gasteiger partial charge in [0, 0.05) is 12.6 Å². The van der Waals surface area contributed by atoms with Gasteiger partial charge >= 0.3 is 0 Å². The molecule has 1 aromatic carbocycles. The van der Waals surface area contributed by atoms with Gasteiger partial charge in [-0.05, 0) is 19.9 Å². The lowest BCUT2D eigenvalue weighted by Crippen LogP contribution is -2.24. The smallest absolute Gasteiger partial charge is 0.263 e. The first-order valence-electron chi connectivity index (χ1n) is 6.40. The van der Waals surface area contributed by atoms with E-state index in [9.17, 15) is 9.59 Å². The van der Waals surface area contributed by atoms with Crippen molar-refractivity contribution in [1.82, 2.24) is 9.88 Å². The number of nitrogens with zero attached hydrogens (tertiary/aromatic N) is 2. The van der Waals surface area contributed by atoms with Crippen molar-refractivity contribution in [3.05, 3.63) is 52.7 Å². The first-order valence-corrected chi connectivity index (χ1v) is 6.40. The number of aromatic nitrogens is 1. The number of carbonyl (C=O) groups is 2. The van der Waals surface area contributed by atoms with Crippen molar-refractivity contribution in [2.24, 2.45) is 0 Å². The molecule has 1 aliphatic heterocycles. The quantitative estimate of drug-likeness (QED) is 0.745. The summed E-state index contributed by atoms with van der Waals surface area (Å²) in [5.74, 6) is -0.533. The molecule has 100 valence electrons. The van der Waals surface area contributed by atoms with Gasteiger partial charge in [0.1, 0.15) is 0 Å². The molecule has 4 heteroatoms. The first kappa shape index (κ1) is 12.5. The fourth-order valence-electron chi connectivity index (χ4n) is 2.42. The highest BCUT2D eigenvalue weighted by molar-refractivity contribution is 6.21. The molecular formula is C16H14N2O2. The van der Waals surface area contributed by atoms with Crippen LogP contribution in [0.1, 0.15) is 32.0 Å². The average molecular weight is 266 g/mol. The molecule has 1 aliphatic rings. The first-order chi connectivity index (χ1) is 9.49. The number of amides is 2. The van der Waals surface area contributed by atoms with Gasteiger partial charge in [-0.25, -0.2) is 0 Å². The van der Waals surface area contributed by atoms with Gasteiger partial charge in [-0.3, -0.25) is 19.5 Å². The van der Waals surface area contributed by atoms with Gasteiger partial charge in [-0.15, -0.1) is 0 Å². The van der Waals surface area contributed by atoms with Crippen molar-refractivity contribution in [2.45, 2.75) is 13.8 Å². The molecule has 0 unspecified atom stereocenters. The number of aryl methyl sites for hydroxylation is 2. The summed E-state index contributed by atoms with van der Waals surface area (Å²) in [4.78, 5) is 29.7. The van der Waals surface area contributed by atoms with Crippen molar-refractivity contribution in [3.63, 3.8) is 0 Å². The van der Waals surface area contributed by atoms with Crippen LogP contribution in [0.3, 0.4) is 0 Å². The van der Waals surface area contributed by atoms with Gasteiger partial charge in [-0.1, -0.05) is 29.8 Å². The standard InChI is InChI=1S/C16H14N2O2/c1-9-4-6-11(7-5-9)13-8-12-14(10(2)17-13)16(20)18(3)15(12)19/h4-8H,1-3H3. The predicted octanol–water partition coefficient (Wildman–Crippen LogP) is 2.59. The Bertz CT molecular complexity index is 733. The fourth-order valence-corrected chi connectivity index (χ4v) is 2.42. The zero-order valence-electron chi connectivity index (χ0n) is 11.6. The Morgan fingerprint density at radius 1 is 1.00 bits per heavy atom. The van der Waals surface area contributed by atoms with E-state index in [1.807, 2.05) is 31.2 Å². The van der Waals surface area contributed by atoms with Crippen molar-refractivity contribution < 1.29 is 9.59 Å². The number of fused-ring (bicyclic) bond motifs is 1. The number of pyridine rings is 1. The third kappa shape index (κ3) is 1.72. The van der Waals surface area contributed by atoms with E-state index >= 15 is 0 Å². The summed E-state index contributed by atoms with van der Waals surface area (Å²) in [7, 11) is 1.50. The number of hydrogen-bond donors (Lipinski definition) is 0. The maximum absolute atomic E-state index is 12.1. The van der Waals surface area contributed by atoms with Crippen LogP contribution in [-0.2, 0) is 0 Å². The largest absolute Gasteiger partial charge is 0.277 e. The third-order valence-corrected chi connectivity index (χ3v) is 3.60. The van der Waals surface area contributed by atoms with E-state index in [-0.39, 0.29) is 11.8 Å². The van der Waals surface area contributed by atoms with Gasteiger partial charge in [0.15, 0.2) is 0 Å². The normalized spacial score (nSPS) is 13.8. The van der Waals surface area contributed by atoms with E-state index in [0.717, 1.165) is 21.7 Å². The highest BCUT2D eigenvalue weighted by atomic mass is 16.2. The summed E-state index contributed by atoms with van der Waals surface area (Å²) in [6.45, 7) is 3.78. The summed E-state index contributed by atoms with van der Waals surface area (Å²) in [5.41, 5.74) is 4.29. The van der Waals surface area contributed by atoms with Crippen LogP contribution in [0.5, 0.6) is 0 Å². The molecule has 0 fully saturated rings. The van der Waals surface area contributed by atoms with Crippen LogP contribution >= 0.6 is 0 Å². The Labute approximate surface area is 117 Å². The molecule has 0 bridgehead atoms. The van der Waals surface area contributed by atoms with E-state index in [0.29, 0.717) is 16.8 Å². The lowest BCUT2D eigenvalue weighted by Gasteiger charge is -2.06. The number of rotatable bonds is 1. The molecule has 2 aromatic rings. The zero-order chi connectivity index (χ0) is 14.4. The third-order valence-electron chi connectivity index (χ3n) is 3.60. The second kappa shape index (κ2) is 4.27. The number of imide groups is 1. The van der Waals surface area contributed by atoms with Crippen LogP contribution in [-0.4, -0.2) is 28.7 Å². The molecular weight excluding hydrogens is 252 g/mol. The number of carbonyl (C=O) groups excluding carboxylic acids is 2. The summed E-state index contributed by atoms with van der Waals surface area (Å²) in [5, 5.41) is 0. The van der Waals surface area contributed by atoms with E-state index < -0.39 is 0 Å². The second-order valence-corrected chi connectivity index (χ2v) is 5.05. The zero-order valence-corrected chi connectivity index (χ0v) is 11.6. The summed E-state index contributed by atoms with van der Waals surface area (Å²) in [6.07, 6.45) is 0. The second-order valence-electron chi connectivity index (χ2n) is 5.05. The SMILES string of the molecule is Cc1ccc(-c2cc3c(c(C)n2)C(=O)N(C)C3=O)cc1. The molecule has 2 heterocycles. The van der Waals surface area contributed by atoms with Crippen molar-refractivity contribution >= 4 is 11.8 Å². The predicted molar refractivity (Wildman–Crippen MR) is 75.6 cm³/mol. The molecule has 3 rings (SSSR count). The molecule has 1 aromatic heterocycles.